The Balaban J connectivity index is 1.50. The topological polar surface area (TPSA) is 87.7 Å². The summed E-state index contributed by atoms with van der Waals surface area (Å²) in [6, 6.07) is 11.8. The van der Waals surface area contributed by atoms with E-state index in [1.54, 1.807) is 36.3 Å². The van der Waals surface area contributed by atoms with Crippen LogP contribution in [0.1, 0.15) is 18.4 Å². The van der Waals surface area contributed by atoms with Gasteiger partial charge >= 0.3 is 6.03 Å². The molecule has 3 rings (SSSR count). The van der Waals surface area contributed by atoms with Crippen LogP contribution in [0.3, 0.4) is 0 Å². The molecule has 0 atom stereocenters. The minimum Gasteiger partial charge on any atom is -0.495 e. The van der Waals surface area contributed by atoms with E-state index < -0.39 is 10.0 Å². The van der Waals surface area contributed by atoms with Gasteiger partial charge in [0.05, 0.1) is 17.7 Å². The van der Waals surface area contributed by atoms with Crippen molar-refractivity contribution in [1.82, 2.24) is 9.62 Å². The predicted molar refractivity (Wildman–Crippen MR) is 118 cm³/mol. The van der Waals surface area contributed by atoms with Crippen molar-refractivity contribution < 1.29 is 17.9 Å². The normalized spacial score (nSPS) is 15.1. The molecule has 2 N–H and O–H groups in total. The Morgan fingerprint density at radius 3 is 2.57 bits per heavy atom. The highest BCUT2D eigenvalue weighted by Gasteiger charge is 2.25. The fraction of sp³-hybridized carbons (Fsp3) is 0.381. The van der Waals surface area contributed by atoms with Crippen molar-refractivity contribution in [2.45, 2.75) is 24.7 Å². The summed E-state index contributed by atoms with van der Waals surface area (Å²) in [5.74, 6) is 0.766. The maximum Gasteiger partial charge on any atom is 0.321 e. The number of carbonyl (C=O) groups excluding carboxylic acids is 1. The van der Waals surface area contributed by atoms with Gasteiger partial charge in [-0.3, -0.25) is 0 Å². The number of urea groups is 1. The lowest BCUT2D eigenvalue weighted by Gasteiger charge is -2.32. The molecule has 30 heavy (non-hydrogen) atoms. The highest BCUT2D eigenvalue weighted by atomic mass is 35.5. The van der Waals surface area contributed by atoms with E-state index in [9.17, 15) is 13.2 Å². The zero-order valence-electron chi connectivity index (χ0n) is 17.0. The summed E-state index contributed by atoms with van der Waals surface area (Å²) in [6.45, 7) is 3.27. The number of hydrogen-bond acceptors (Lipinski definition) is 4. The molecule has 1 heterocycles. The Morgan fingerprint density at radius 2 is 1.90 bits per heavy atom. The Labute approximate surface area is 182 Å². The van der Waals surface area contributed by atoms with Crippen molar-refractivity contribution in [1.29, 1.82) is 0 Å². The molecule has 1 fully saturated rings. The van der Waals surface area contributed by atoms with Crippen molar-refractivity contribution >= 4 is 33.3 Å². The Kier molecular flexibility index (Phi) is 7.23. The van der Waals surface area contributed by atoms with Crippen LogP contribution in [-0.4, -0.2) is 46.1 Å². The quantitative estimate of drug-likeness (QED) is 0.697. The molecule has 0 aromatic heterocycles. The number of rotatable bonds is 6. The predicted octanol–water partition coefficient (Wildman–Crippen LogP) is 3.88. The van der Waals surface area contributed by atoms with Crippen LogP contribution >= 0.6 is 11.6 Å². The lowest BCUT2D eigenvalue weighted by Crippen LogP contribution is -2.43. The van der Waals surface area contributed by atoms with Crippen LogP contribution in [0.4, 0.5) is 10.5 Å². The van der Waals surface area contributed by atoms with Crippen LogP contribution in [0.15, 0.2) is 47.4 Å². The number of nitrogens with one attached hydrogen (secondary N) is 2. The molecule has 2 aromatic rings. The molecule has 2 aromatic carbocycles. The van der Waals surface area contributed by atoms with Gasteiger partial charge in [-0.25, -0.2) is 17.9 Å². The number of amides is 2. The molecule has 1 aliphatic heterocycles. The molecule has 9 heteroatoms. The van der Waals surface area contributed by atoms with Gasteiger partial charge in [0.2, 0.25) is 10.0 Å². The van der Waals surface area contributed by atoms with Crippen LogP contribution in [0.2, 0.25) is 5.02 Å². The van der Waals surface area contributed by atoms with E-state index in [2.05, 4.69) is 10.0 Å². The summed E-state index contributed by atoms with van der Waals surface area (Å²) in [4.78, 5) is 14.4. The second kappa shape index (κ2) is 9.68. The summed E-state index contributed by atoms with van der Waals surface area (Å²) in [7, 11) is -2.06. The third-order valence-corrected chi connectivity index (χ3v) is 7.09. The van der Waals surface area contributed by atoms with Crippen molar-refractivity contribution in [3.05, 3.63) is 53.1 Å². The first-order valence-electron chi connectivity index (χ1n) is 9.75. The monoisotopic (exact) mass is 451 g/mol. The highest BCUT2D eigenvalue weighted by molar-refractivity contribution is 7.89. The van der Waals surface area contributed by atoms with Gasteiger partial charge in [-0.1, -0.05) is 29.8 Å². The summed E-state index contributed by atoms with van der Waals surface area (Å²) >= 11 is 6.05. The molecule has 0 radical (unpaired) electrons. The van der Waals surface area contributed by atoms with E-state index in [0.717, 1.165) is 18.4 Å². The van der Waals surface area contributed by atoms with Crippen molar-refractivity contribution in [2.75, 3.05) is 32.1 Å². The van der Waals surface area contributed by atoms with E-state index in [1.807, 2.05) is 19.1 Å². The molecule has 0 bridgehead atoms. The van der Waals surface area contributed by atoms with Crippen molar-refractivity contribution in [3.8, 4) is 5.75 Å². The average molecular weight is 452 g/mol. The van der Waals surface area contributed by atoms with Gasteiger partial charge in [0.1, 0.15) is 5.75 Å². The summed E-state index contributed by atoms with van der Waals surface area (Å²) in [5, 5.41) is 3.29. The number of halogens is 1. The minimum atomic E-state index is -3.62. The third kappa shape index (κ3) is 5.44. The lowest BCUT2D eigenvalue weighted by molar-refractivity contribution is 0.183. The molecule has 7 nitrogen and oxygen atoms in total. The molecule has 0 saturated carbocycles. The van der Waals surface area contributed by atoms with Gasteiger partial charge in [0.15, 0.2) is 0 Å². The first-order chi connectivity index (χ1) is 14.3. The molecule has 1 saturated heterocycles. The number of para-hydroxylation sites is 2. The number of carbonyl (C=O) groups is 1. The zero-order valence-corrected chi connectivity index (χ0v) is 18.6. The molecule has 1 aliphatic rings. The summed E-state index contributed by atoms with van der Waals surface area (Å²) in [6.07, 6.45) is 1.44. The fourth-order valence-corrected chi connectivity index (χ4v) is 4.72. The largest absolute Gasteiger partial charge is 0.495 e. The average Bonchev–Trinajstić information content (AvgIpc) is 2.75. The van der Waals surface area contributed by atoms with Crippen LogP contribution in [-0.2, 0) is 10.0 Å². The van der Waals surface area contributed by atoms with E-state index in [4.69, 9.17) is 16.3 Å². The van der Waals surface area contributed by atoms with E-state index in [-0.39, 0.29) is 16.8 Å². The molecule has 0 spiro atoms. The number of anilines is 1. The first kappa shape index (κ1) is 22.4. The summed E-state index contributed by atoms with van der Waals surface area (Å²) < 4.78 is 33.0. The molecular weight excluding hydrogens is 426 g/mol. The van der Waals surface area contributed by atoms with Gasteiger partial charge in [0.25, 0.3) is 0 Å². The van der Waals surface area contributed by atoms with Crippen molar-refractivity contribution in [3.63, 3.8) is 0 Å². The lowest BCUT2D eigenvalue weighted by atomic mass is 9.97. The number of ether oxygens (including phenoxy) is 1. The standard InChI is InChI=1S/C21H26ClN3O4S/c1-15-7-8-17(13-18(15)22)30(27,28)23-14-16-9-11-25(12-10-16)21(26)24-19-5-3-4-6-20(19)29-2/h3-8,13,16,23H,9-12,14H2,1-2H3,(H,24,26). The second-order valence-corrected chi connectivity index (χ2v) is 9.50. The van der Waals surface area contributed by atoms with Crippen LogP contribution in [0.25, 0.3) is 0 Å². The highest BCUT2D eigenvalue weighted by Crippen LogP contribution is 2.25. The number of sulfonamides is 1. The Morgan fingerprint density at radius 1 is 1.20 bits per heavy atom. The first-order valence-corrected chi connectivity index (χ1v) is 11.6. The molecule has 162 valence electrons. The van der Waals surface area contributed by atoms with E-state index in [0.29, 0.717) is 36.1 Å². The molecular formula is C21H26ClN3O4S. The maximum absolute atomic E-state index is 12.5. The van der Waals surface area contributed by atoms with Crippen molar-refractivity contribution in [2.24, 2.45) is 5.92 Å². The number of hydrogen-bond donors (Lipinski definition) is 2. The summed E-state index contributed by atoms with van der Waals surface area (Å²) in [5.41, 5.74) is 1.45. The van der Waals surface area contributed by atoms with Gasteiger partial charge in [-0.05, 0) is 55.5 Å². The number of benzene rings is 2. The molecule has 0 aliphatic carbocycles. The smallest absolute Gasteiger partial charge is 0.321 e. The SMILES string of the molecule is COc1ccccc1NC(=O)N1CCC(CNS(=O)(=O)c2ccc(C)c(Cl)c2)CC1. The molecule has 2 amide bonds. The number of methoxy groups -OCH3 is 1. The van der Waals surface area contributed by atoms with Gasteiger partial charge in [-0.2, -0.15) is 0 Å². The number of likely N-dealkylation sites (tertiary alicyclic amines) is 1. The minimum absolute atomic E-state index is 0.159. The number of aryl methyl sites for hydroxylation is 1. The van der Waals surface area contributed by atoms with Gasteiger partial charge in [-0.15, -0.1) is 0 Å². The van der Waals surface area contributed by atoms with E-state index >= 15 is 0 Å². The van der Waals surface area contributed by atoms with Crippen LogP contribution in [0, 0.1) is 12.8 Å². The third-order valence-electron chi connectivity index (χ3n) is 5.27. The zero-order chi connectivity index (χ0) is 21.7. The van der Waals surface area contributed by atoms with Crippen LogP contribution in [0.5, 0.6) is 5.75 Å². The second-order valence-electron chi connectivity index (χ2n) is 7.32. The maximum atomic E-state index is 12.5. The van der Waals surface area contributed by atoms with Crippen LogP contribution < -0.4 is 14.8 Å². The number of piperidine rings is 1. The van der Waals surface area contributed by atoms with Gasteiger partial charge in [0, 0.05) is 24.7 Å². The van der Waals surface area contributed by atoms with E-state index in [1.165, 1.54) is 6.07 Å². The number of nitrogens with zero attached hydrogens (tertiary/aromatic N) is 1. The Hall–Kier alpha value is -2.29. The van der Waals surface area contributed by atoms with Gasteiger partial charge < -0.3 is 15.0 Å². The molecule has 0 unspecified atom stereocenters. The Bertz CT molecular complexity index is 1010. The fourth-order valence-electron chi connectivity index (χ4n) is 3.33.